The summed E-state index contributed by atoms with van der Waals surface area (Å²) >= 11 is 0. The summed E-state index contributed by atoms with van der Waals surface area (Å²) in [5.74, 6) is 0. The number of azo groups is 2. The maximum atomic E-state index is 12.1. The van der Waals surface area contributed by atoms with Gasteiger partial charge in [0.05, 0.1) is 22.7 Å². The maximum absolute atomic E-state index is 12.1. The van der Waals surface area contributed by atoms with E-state index in [2.05, 4.69) is 20.5 Å². The largest absolute Gasteiger partial charge is 0.425 e. The predicted molar refractivity (Wildman–Crippen MR) is 150 cm³/mol. The van der Waals surface area contributed by atoms with E-state index in [0.29, 0.717) is 45.4 Å². The van der Waals surface area contributed by atoms with Crippen molar-refractivity contribution in [1.82, 2.24) is 0 Å². The summed E-state index contributed by atoms with van der Waals surface area (Å²) in [6.07, 6.45) is 0. The molecule has 0 radical (unpaired) electrons. The highest BCUT2D eigenvalue weighted by Crippen LogP contribution is 2.34. The van der Waals surface area contributed by atoms with E-state index in [1.54, 1.807) is 60.7 Å². The lowest BCUT2D eigenvalue weighted by Gasteiger charge is -2.09. The van der Waals surface area contributed by atoms with Crippen molar-refractivity contribution in [3.8, 4) is 11.1 Å². The molecule has 9 N–H and O–H groups in total. The highest BCUT2D eigenvalue weighted by atomic mass is 32.2. The van der Waals surface area contributed by atoms with Crippen LogP contribution in [0.3, 0.4) is 0 Å². The van der Waals surface area contributed by atoms with Gasteiger partial charge in [-0.1, -0.05) is 18.2 Å². The molecule has 0 aliphatic heterocycles. The smallest absolute Gasteiger partial charge is 0.399 e. The number of nitrogen functional groups attached to an aromatic ring is 4. The SMILES string of the molecule is Nc1ccc(N=Nc2ccc(-c3ccc(N=Nc4ccc(N)cc4N)cc3S(=O)(=O)O)cc2)c(N)c1.O=S(=O)=O. The molecule has 16 heteroatoms. The van der Waals surface area contributed by atoms with E-state index in [9.17, 15) is 13.0 Å². The maximum Gasteiger partial charge on any atom is 0.425 e. The number of nitrogens with zero attached hydrogens (tertiary/aromatic N) is 4. The molecule has 0 saturated carbocycles. The van der Waals surface area contributed by atoms with Crippen molar-refractivity contribution in [3.63, 3.8) is 0 Å². The van der Waals surface area contributed by atoms with E-state index in [-0.39, 0.29) is 16.1 Å². The van der Waals surface area contributed by atoms with E-state index < -0.39 is 20.7 Å². The third-order valence-corrected chi connectivity index (χ3v) is 5.96. The first kappa shape index (κ1) is 29.4. The fraction of sp³-hybridized carbons (Fsp3) is 0. The van der Waals surface area contributed by atoms with E-state index in [0.717, 1.165) is 0 Å². The molecular formula is C24H22N8O6S2. The minimum Gasteiger partial charge on any atom is -0.399 e. The van der Waals surface area contributed by atoms with Crippen LogP contribution < -0.4 is 22.9 Å². The molecular weight excluding hydrogens is 560 g/mol. The number of nitrogens with two attached hydrogens (primary N) is 4. The van der Waals surface area contributed by atoms with Gasteiger partial charge in [0.25, 0.3) is 10.1 Å². The molecule has 4 aromatic rings. The third kappa shape index (κ3) is 8.15. The Morgan fingerprint density at radius 1 is 0.600 bits per heavy atom. The van der Waals surface area contributed by atoms with Crippen LogP contribution in [0.2, 0.25) is 0 Å². The molecule has 14 nitrogen and oxygen atoms in total. The van der Waals surface area contributed by atoms with Crippen molar-refractivity contribution < 1.29 is 25.6 Å². The minimum absolute atomic E-state index is 0.203. The van der Waals surface area contributed by atoms with Crippen molar-refractivity contribution >= 4 is 66.2 Å². The Labute approximate surface area is 229 Å². The van der Waals surface area contributed by atoms with Crippen LogP contribution >= 0.6 is 0 Å². The molecule has 0 bridgehead atoms. The van der Waals surface area contributed by atoms with Crippen LogP contribution in [0.5, 0.6) is 0 Å². The average molecular weight is 583 g/mol. The zero-order valence-corrected chi connectivity index (χ0v) is 22.0. The summed E-state index contributed by atoms with van der Waals surface area (Å²) in [7, 11) is -7.69. The molecule has 0 atom stereocenters. The monoisotopic (exact) mass is 582 g/mol. The summed E-state index contributed by atoms with van der Waals surface area (Å²) in [4.78, 5) is -0.326. The van der Waals surface area contributed by atoms with Gasteiger partial charge in [0.1, 0.15) is 16.3 Å². The molecule has 0 amide bonds. The Kier molecular flexibility index (Phi) is 9.23. The standard InChI is InChI=1S/C24H22N8O3S.O3S/c25-15-3-9-22(20(27)11-15)31-29-17-5-1-14(2-6-17)19-8-7-18(13-24(19)36(33,34)35)30-32-23-10-4-16(26)12-21(23)28;1-4(2)3/h1-13H,25-28H2,(H,33,34,35);. The van der Waals surface area contributed by atoms with Crippen LogP contribution in [0.15, 0.2) is 104 Å². The average Bonchev–Trinajstić information content (AvgIpc) is 2.87. The van der Waals surface area contributed by atoms with Crippen LogP contribution in [0.1, 0.15) is 0 Å². The highest BCUT2D eigenvalue weighted by Gasteiger charge is 2.18. The van der Waals surface area contributed by atoms with Gasteiger partial charge in [-0.15, -0.1) is 22.9 Å². The number of benzene rings is 4. The van der Waals surface area contributed by atoms with Crippen molar-refractivity contribution in [2.24, 2.45) is 20.5 Å². The second-order valence-electron chi connectivity index (χ2n) is 7.94. The molecule has 206 valence electrons. The Bertz CT molecular complexity index is 1820. The fourth-order valence-electron chi connectivity index (χ4n) is 3.28. The summed E-state index contributed by atoms with van der Waals surface area (Å²) in [5, 5.41) is 16.3. The molecule has 0 spiro atoms. The normalized spacial score (nSPS) is 11.3. The van der Waals surface area contributed by atoms with Crippen molar-refractivity contribution in [2.45, 2.75) is 4.90 Å². The van der Waals surface area contributed by atoms with Gasteiger partial charge in [-0.25, -0.2) is 0 Å². The lowest BCUT2D eigenvalue weighted by molar-refractivity contribution is 0.483. The van der Waals surface area contributed by atoms with Gasteiger partial charge in [0.2, 0.25) is 0 Å². The Morgan fingerprint density at radius 2 is 1.05 bits per heavy atom. The van der Waals surface area contributed by atoms with Crippen molar-refractivity contribution in [2.75, 3.05) is 22.9 Å². The van der Waals surface area contributed by atoms with Crippen LogP contribution in [0.4, 0.5) is 45.5 Å². The summed E-state index contributed by atoms with van der Waals surface area (Å²) in [6.45, 7) is 0. The van der Waals surface area contributed by atoms with Crippen LogP contribution in [-0.2, 0) is 20.7 Å². The first-order chi connectivity index (χ1) is 18.8. The molecule has 0 aromatic heterocycles. The van der Waals surface area contributed by atoms with Crippen molar-refractivity contribution in [3.05, 3.63) is 78.9 Å². The number of hydrogen-bond donors (Lipinski definition) is 5. The fourth-order valence-corrected chi connectivity index (χ4v) is 4.02. The molecule has 0 fully saturated rings. The van der Waals surface area contributed by atoms with E-state index in [4.69, 9.17) is 35.6 Å². The Morgan fingerprint density at radius 3 is 1.50 bits per heavy atom. The third-order valence-electron chi connectivity index (χ3n) is 5.07. The Hall–Kier alpha value is -5.19. The van der Waals surface area contributed by atoms with Crippen LogP contribution in [0.25, 0.3) is 11.1 Å². The first-order valence-electron chi connectivity index (χ1n) is 11.0. The van der Waals surface area contributed by atoms with Gasteiger partial charge >= 0.3 is 10.6 Å². The lowest BCUT2D eigenvalue weighted by Crippen LogP contribution is -2.00. The summed E-state index contributed by atoms with van der Waals surface area (Å²) < 4.78 is 59.4. The second kappa shape index (κ2) is 12.6. The molecule has 4 rings (SSSR count). The molecule has 0 saturated heterocycles. The molecule has 4 aromatic carbocycles. The molecule has 0 aliphatic carbocycles. The zero-order chi connectivity index (χ0) is 29.4. The van der Waals surface area contributed by atoms with Gasteiger partial charge < -0.3 is 22.9 Å². The molecule has 0 heterocycles. The van der Waals surface area contributed by atoms with Gasteiger partial charge in [-0.2, -0.15) is 18.6 Å². The van der Waals surface area contributed by atoms with Gasteiger partial charge in [-0.05, 0) is 66.2 Å². The highest BCUT2D eigenvalue weighted by molar-refractivity contribution is 7.86. The minimum atomic E-state index is -4.57. The lowest BCUT2D eigenvalue weighted by atomic mass is 10.0. The molecule has 0 aliphatic rings. The predicted octanol–water partition coefficient (Wildman–Crippen LogP) is 4.76. The Balaban J connectivity index is 0.00000103. The van der Waals surface area contributed by atoms with Crippen molar-refractivity contribution in [1.29, 1.82) is 0 Å². The van der Waals surface area contributed by atoms with Gasteiger partial charge in [-0.3, -0.25) is 4.55 Å². The van der Waals surface area contributed by atoms with E-state index in [1.165, 1.54) is 18.2 Å². The van der Waals surface area contributed by atoms with Gasteiger partial charge in [0, 0.05) is 16.9 Å². The molecule has 0 unspecified atom stereocenters. The quantitative estimate of drug-likeness (QED) is 0.118. The summed E-state index contributed by atoms with van der Waals surface area (Å²) in [6, 6.07) is 20.6. The number of rotatable bonds is 6. The second-order valence-corrected chi connectivity index (χ2v) is 9.74. The van der Waals surface area contributed by atoms with E-state index >= 15 is 0 Å². The number of hydrogen-bond acceptors (Lipinski definition) is 13. The van der Waals surface area contributed by atoms with Gasteiger partial charge in [0.15, 0.2) is 0 Å². The van der Waals surface area contributed by atoms with E-state index in [1.807, 2.05) is 0 Å². The van der Waals surface area contributed by atoms with Crippen LogP contribution in [-0.4, -0.2) is 25.6 Å². The topological polar surface area (TPSA) is 259 Å². The summed E-state index contributed by atoms with van der Waals surface area (Å²) in [5.41, 5.74) is 27.2. The molecule has 40 heavy (non-hydrogen) atoms. The van der Waals surface area contributed by atoms with Crippen LogP contribution in [0, 0.1) is 0 Å². The first-order valence-corrected chi connectivity index (χ1v) is 13.4. The zero-order valence-electron chi connectivity index (χ0n) is 20.4. The number of anilines is 4.